The number of phenols is 1. The molecule has 18 heavy (non-hydrogen) atoms. The van der Waals surface area contributed by atoms with Crippen LogP contribution in [0.2, 0.25) is 0 Å². The number of H-pyrrole nitrogens is 1. The molecule has 1 aromatic carbocycles. The molecule has 0 spiro atoms. The third-order valence-electron chi connectivity index (χ3n) is 2.21. The molecule has 1 aromatic heterocycles. The number of amides is 1. The number of phenolic OH excluding ortho intramolecular Hbond substituents is 1. The van der Waals surface area contributed by atoms with Crippen LogP contribution in [0.1, 0.15) is 21.7 Å². The Morgan fingerprint density at radius 2 is 2.17 bits per heavy atom. The van der Waals surface area contributed by atoms with Gasteiger partial charge in [-0.05, 0) is 42.8 Å². The summed E-state index contributed by atoms with van der Waals surface area (Å²) in [6, 6.07) is 8.08. The van der Waals surface area contributed by atoms with Crippen molar-refractivity contribution in [1.82, 2.24) is 15.6 Å². The average molecular weight is 244 g/mol. The zero-order valence-electron chi connectivity index (χ0n) is 9.71. The highest BCUT2D eigenvalue weighted by Crippen LogP contribution is 2.07. The molecule has 6 nitrogen and oxygen atoms in total. The van der Waals surface area contributed by atoms with E-state index in [9.17, 15) is 4.79 Å². The van der Waals surface area contributed by atoms with E-state index in [1.165, 1.54) is 6.21 Å². The normalized spacial score (nSPS) is 10.7. The standard InChI is InChI=1S/C12H12N4O2/c1-8-6-11(15-14-8)12(18)16-13-7-9-2-4-10(17)5-3-9/h2-7,17H,1H3,(H,14,15)(H,16,18). The number of aromatic hydroxyl groups is 1. The third kappa shape index (κ3) is 2.94. The number of hydrogen-bond acceptors (Lipinski definition) is 4. The first-order chi connectivity index (χ1) is 8.65. The number of hydrogen-bond donors (Lipinski definition) is 3. The van der Waals surface area contributed by atoms with E-state index in [0.29, 0.717) is 0 Å². The van der Waals surface area contributed by atoms with Crippen LogP contribution in [-0.4, -0.2) is 27.4 Å². The Kier molecular flexibility index (Phi) is 3.38. The van der Waals surface area contributed by atoms with Crippen molar-refractivity contribution in [3.63, 3.8) is 0 Å². The van der Waals surface area contributed by atoms with Crippen molar-refractivity contribution in [3.05, 3.63) is 47.3 Å². The monoisotopic (exact) mass is 244 g/mol. The number of aromatic amines is 1. The zero-order chi connectivity index (χ0) is 13.0. The Morgan fingerprint density at radius 3 is 2.78 bits per heavy atom. The van der Waals surface area contributed by atoms with E-state index < -0.39 is 0 Å². The molecule has 0 saturated carbocycles. The number of benzene rings is 1. The van der Waals surface area contributed by atoms with Gasteiger partial charge in [-0.15, -0.1) is 0 Å². The minimum atomic E-state index is -0.380. The van der Waals surface area contributed by atoms with E-state index >= 15 is 0 Å². The molecule has 1 amide bonds. The van der Waals surface area contributed by atoms with Gasteiger partial charge in [0, 0.05) is 5.69 Å². The summed E-state index contributed by atoms with van der Waals surface area (Å²) in [5, 5.41) is 19.4. The maximum Gasteiger partial charge on any atom is 0.291 e. The Balaban J connectivity index is 1.95. The fourth-order valence-electron chi connectivity index (χ4n) is 1.32. The first-order valence-electron chi connectivity index (χ1n) is 5.29. The Labute approximate surface area is 103 Å². The predicted octanol–water partition coefficient (Wildman–Crippen LogP) is 1.19. The summed E-state index contributed by atoms with van der Waals surface area (Å²) in [4.78, 5) is 11.6. The van der Waals surface area contributed by atoms with Crippen molar-refractivity contribution in [1.29, 1.82) is 0 Å². The van der Waals surface area contributed by atoms with Gasteiger partial charge in [0.05, 0.1) is 6.21 Å². The van der Waals surface area contributed by atoms with Gasteiger partial charge in [-0.1, -0.05) is 0 Å². The van der Waals surface area contributed by atoms with Gasteiger partial charge in [0.15, 0.2) is 5.69 Å². The highest BCUT2D eigenvalue weighted by atomic mass is 16.3. The lowest BCUT2D eigenvalue weighted by Crippen LogP contribution is -2.17. The first kappa shape index (κ1) is 11.8. The molecule has 0 unspecified atom stereocenters. The van der Waals surface area contributed by atoms with Crippen LogP contribution >= 0.6 is 0 Å². The van der Waals surface area contributed by atoms with Gasteiger partial charge < -0.3 is 5.11 Å². The van der Waals surface area contributed by atoms with Gasteiger partial charge >= 0.3 is 0 Å². The zero-order valence-corrected chi connectivity index (χ0v) is 9.71. The summed E-state index contributed by atoms with van der Waals surface area (Å²) in [5.74, 6) is -0.197. The van der Waals surface area contributed by atoms with E-state index in [1.54, 1.807) is 30.3 Å². The first-order valence-corrected chi connectivity index (χ1v) is 5.29. The van der Waals surface area contributed by atoms with Crippen LogP contribution in [0.4, 0.5) is 0 Å². The second-order valence-corrected chi connectivity index (χ2v) is 3.73. The summed E-state index contributed by atoms with van der Waals surface area (Å²) in [5.41, 5.74) is 4.23. The van der Waals surface area contributed by atoms with E-state index in [0.717, 1.165) is 11.3 Å². The second-order valence-electron chi connectivity index (χ2n) is 3.73. The number of rotatable bonds is 3. The number of aryl methyl sites for hydroxylation is 1. The number of hydrazone groups is 1. The van der Waals surface area contributed by atoms with Crippen molar-refractivity contribution in [2.75, 3.05) is 0 Å². The van der Waals surface area contributed by atoms with Gasteiger partial charge in [0.2, 0.25) is 0 Å². The lowest BCUT2D eigenvalue weighted by Gasteiger charge is -1.95. The third-order valence-corrected chi connectivity index (χ3v) is 2.21. The number of nitrogens with one attached hydrogen (secondary N) is 2. The van der Waals surface area contributed by atoms with Crippen LogP contribution in [0, 0.1) is 6.92 Å². The molecule has 0 bridgehead atoms. The number of aromatic nitrogens is 2. The van der Waals surface area contributed by atoms with Crippen molar-refractivity contribution in [2.45, 2.75) is 6.92 Å². The lowest BCUT2D eigenvalue weighted by molar-refractivity contribution is 0.0950. The molecule has 2 aromatic rings. The number of carbonyl (C=O) groups excluding carboxylic acids is 1. The predicted molar refractivity (Wildman–Crippen MR) is 66.5 cm³/mol. The topological polar surface area (TPSA) is 90.4 Å². The molecule has 0 aliphatic heterocycles. The molecule has 1 heterocycles. The second kappa shape index (κ2) is 5.13. The Bertz CT molecular complexity index is 572. The molecule has 6 heteroatoms. The van der Waals surface area contributed by atoms with Gasteiger partial charge in [-0.3, -0.25) is 9.89 Å². The van der Waals surface area contributed by atoms with E-state index in [-0.39, 0.29) is 17.4 Å². The maximum absolute atomic E-state index is 11.6. The molecule has 0 fully saturated rings. The highest BCUT2D eigenvalue weighted by Gasteiger charge is 2.06. The van der Waals surface area contributed by atoms with Crippen LogP contribution < -0.4 is 5.43 Å². The lowest BCUT2D eigenvalue weighted by atomic mass is 10.2. The summed E-state index contributed by atoms with van der Waals surface area (Å²) in [7, 11) is 0. The van der Waals surface area contributed by atoms with Gasteiger partial charge in [0.25, 0.3) is 5.91 Å². The van der Waals surface area contributed by atoms with Gasteiger partial charge in [-0.25, -0.2) is 5.43 Å². The maximum atomic E-state index is 11.6. The summed E-state index contributed by atoms with van der Waals surface area (Å²) in [6.45, 7) is 1.81. The summed E-state index contributed by atoms with van der Waals surface area (Å²) in [6.07, 6.45) is 1.48. The quantitative estimate of drug-likeness (QED) is 0.559. The molecular weight excluding hydrogens is 232 g/mol. The van der Waals surface area contributed by atoms with Crippen molar-refractivity contribution in [3.8, 4) is 5.75 Å². The summed E-state index contributed by atoms with van der Waals surface area (Å²) >= 11 is 0. The van der Waals surface area contributed by atoms with Crippen LogP contribution in [-0.2, 0) is 0 Å². The fourth-order valence-corrected chi connectivity index (χ4v) is 1.32. The minimum absolute atomic E-state index is 0.184. The number of nitrogens with zero attached hydrogens (tertiary/aromatic N) is 2. The largest absolute Gasteiger partial charge is 0.508 e. The van der Waals surface area contributed by atoms with Crippen molar-refractivity contribution < 1.29 is 9.90 Å². The highest BCUT2D eigenvalue weighted by molar-refractivity contribution is 5.93. The Morgan fingerprint density at radius 1 is 1.44 bits per heavy atom. The van der Waals surface area contributed by atoms with E-state index in [2.05, 4.69) is 20.7 Å². The molecule has 0 saturated heterocycles. The van der Waals surface area contributed by atoms with Crippen LogP contribution in [0.3, 0.4) is 0 Å². The van der Waals surface area contributed by atoms with Crippen molar-refractivity contribution >= 4 is 12.1 Å². The van der Waals surface area contributed by atoms with E-state index in [1.807, 2.05) is 6.92 Å². The van der Waals surface area contributed by atoms with Crippen LogP contribution in [0.15, 0.2) is 35.4 Å². The Hall–Kier alpha value is -2.63. The summed E-state index contributed by atoms with van der Waals surface area (Å²) < 4.78 is 0. The molecule has 92 valence electrons. The van der Waals surface area contributed by atoms with Gasteiger partial charge in [0.1, 0.15) is 5.75 Å². The van der Waals surface area contributed by atoms with Gasteiger partial charge in [-0.2, -0.15) is 10.2 Å². The molecule has 3 N–H and O–H groups in total. The molecule has 2 rings (SSSR count). The van der Waals surface area contributed by atoms with Crippen molar-refractivity contribution in [2.24, 2.45) is 5.10 Å². The minimum Gasteiger partial charge on any atom is -0.508 e. The number of carbonyl (C=O) groups is 1. The average Bonchev–Trinajstić information content (AvgIpc) is 2.78. The van der Waals surface area contributed by atoms with E-state index in [4.69, 9.17) is 5.11 Å². The molecule has 0 aliphatic carbocycles. The molecular formula is C12H12N4O2. The molecule has 0 radical (unpaired) electrons. The fraction of sp³-hybridized carbons (Fsp3) is 0.0833. The van der Waals surface area contributed by atoms with Crippen LogP contribution in [0.25, 0.3) is 0 Å². The molecule has 0 atom stereocenters. The molecule has 0 aliphatic rings. The SMILES string of the molecule is Cc1cc(C(=O)NN=Cc2ccc(O)cc2)n[nH]1. The smallest absolute Gasteiger partial charge is 0.291 e. The van der Waals surface area contributed by atoms with Crippen LogP contribution in [0.5, 0.6) is 5.75 Å².